The summed E-state index contributed by atoms with van der Waals surface area (Å²) < 4.78 is 6.87. The maximum Gasteiger partial charge on any atom is 0.341 e. The van der Waals surface area contributed by atoms with Gasteiger partial charge in [-0.2, -0.15) is 0 Å². The van der Waals surface area contributed by atoms with Gasteiger partial charge in [0.05, 0.1) is 22.8 Å². The summed E-state index contributed by atoms with van der Waals surface area (Å²) in [4.78, 5) is 36.5. The van der Waals surface area contributed by atoms with Crippen LogP contribution in [0.15, 0.2) is 5.16 Å². The van der Waals surface area contributed by atoms with Gasteiger partial charge in [-0.25, -0.2) is 4.79 Å². The van der Waals surface area contributed by atoms with Gasteiger partial charge in [0.1, 0.15) is 10.8 Å². The molecule has 0 aromatic carbocycles. The fourth-order valence-corrected chi connectivity index (χ4v) is 4.31. The van der Waals surface area contributed by atoms with Crippen molar-refractivity contribution >= 4 is 45.9 Å². The van der Waals surface area contributed by atoms with Gasteiger partial charge in [0.25, 0.3) is 5.91 Å². The van der Waals surface area contributed by atoms with Crippen LogP contribution in [0.3, 0.4) is 0 Å². The van der Waals surface area contributed by atoms with Crippen LogP contribution in [0, 0.1) is 6.92 Å². The number of aromatic nitrogens is 3. The van der Waals surface area contributed by atoms with Gasteiger partial charge in [0, 0.05) is 13.0 Å². The minimum absolute atomic E-state index is 0.0647. The standard InChI is InChI=1S/C17H23N5O4S2/c1-6-26-16(25)11-9(4)12(13(18)24)28-15(11)19-10(23)7-27-17-21-20-14(8(2)3)22(17)5/h8H,6-7H2,1-5H3,(H2,18,24)(H,19,23). The van der Waals surface area contributed by atoms with E-state index in [1.54, 1.807) is 13.8 Å². The van der Waals surface area contributed by atoms with Crippen LogP contribution in [0.1, 0.15) is 58.1 Å². The monoisotopic (exact) mass is 425 g/mol. The Morgan fingerprint density at radius 1 is 1.32 bits per heavy atom. The number of carbonyl (C=O) groups excluding carboxylic acids is 3. The number of amides is 2. The van der Waals surface area contributed by atoms with Gasteiger partial charge in [0.15, 0.2) is 5.16 Å². The molecule has 2 aromatic heterocycles. The van der Waals surface area contributed by atoms with Crippen LogP contribution in [-0.2, 0) is 16.6 Å². The van der Waals surface area contributed by atoms with E-state index >= 15 is 0 Å². The minimum Gasteiger partial charge on any atom is -0.462 e. The van der Waals surface area contributed by atoms with Gasteiger partial charge in [-0.3, -0.25) is 9.59 Å². The number of thioether (sulfide) groups is 1. The summed E-state index contributed by atoms with van der Waals surface area (Å²) >= 11 is 2.19. The molecule has 0 bridgehead atoms. The van der Waals surface area contributed by atoms with Crippen LogP contribution in [-0.4, -0.2) is 44.9 Å². The second-order valence-corrected chi connectivity index (χ2v) is 8.20. The quantitative estimate of drug-likeness (QED) is 0.490. The molecule has 0 atom stereocenters. The van der Waals surface area contributed by atoms with Crippen molar-refractivity contribution < 1.29 is 19.1 Å². The first kappa shape index (κ1) is 21.9. The average molecular weight is 426 g/mol. The Balaban J connectivity index is 2.16. The van der Waals surface area contributed by atoms with Crippen LogP contribution in [0.2, 0.25) is 0 Å². The molecular formula is C17H23N5O4S2. The van der Waals surface area contributed by atoms with Gasteiger partial charge >= 0.3 is 5.97 Å². The Hall–Kier alpha value is -2.40. The van der Waals surface area contributed by atoms with Crippen molar-refractivity contribution in [1.82, 2.24) is 14.8 Å². The number of primary amides is 1. The summed E-state index contributed by atoms with van der Waals surface area (Å²) in [5, 5.41) is 11.7. The number of hydrogen-bond acceptors (Lipinski definition) is 8. The lowest BCUT2D eigenvalue weighted by molar-refractivity contribution is -0.113. The molecular weight excluding hydrogens is 402 g/mol. The molecule has 0 aliphatic rings. The van der Waals surface area contributed by atoms with Crippen molar-refractivity contribution in [3.63, 3.8) is 0 Å². The Morgan fingerprint density at radius 3 is 2.54 bits per heavy atom. The number of hydrogen-bond donors (Lipinski definition) is 2. The highest BCUT2D eigenvalue weighted by Crippen LogP contribution is 2.33. The van der Waals surface area contributed by atoms with Crippen LogP contribution in [0.4, 0.5) is 5.00 Å². The third-order valence-electron chi connectivity index (χ3n) is 3.82. The largest absolute Gasteiger partial charge is 0.462 e. The summed E-state index contributed by atoms with van der Waals surface area (Å²) in [7, 11) is 1.84. The summed E-state index contributed by atoms with van der Waals surface area (Å²) in [6.45, 7) is 7.47. The fourth-order valence-electron chi connectivity index (χ4n) is 2.53. The van der Waals surface area contributed by atoms with E-state index in [0.717, 1.165) is 17.2 Å². The Bertz CT molecular complexity index is 904. The van der Waals surface area contributed by atoms with Gasteiger partial charge in [-0.15, -0.1) is 21.5 Å². The highest BCUT2D eigenvalue weighted by Gasteiger charge is 2.25. The van der Waals surface area contributed by atoms with Gasteiger partial charge < -0.3 is 20.4 Å². The third kappa shape index (κ3) is 4.71. The lowest BCUT2D eigenvalue weighted by Crippen LogP contribution is -2.17. The number of nitrogens with one attached hydrogen (secondary N) is 1. The van der Waals surface area contributed by atoms with Gasteiger partial charge in [-0.1, -0.05) is 25.6 Å². The van der Waals surface area contributed by atoms with E-state index in [1.165, 1.54) is 11.8 Å². The predicted molar refractivity (Wildman–Crippen MR) is 108 cm³/mol. The first-order valence-corrected chi connectivity index (χ1v) is 10.4. The molecule has 0 unspecified atom stereocenters. The number of rotatable bonds is 8. The molecule has 0 aliphatic heterocycles. The SMILES string of the molecule is CCOC(=O)c1c(NC(=O)CSc2nnc(C(C)C)n2C)sc(C(N)=O)c1C. The summed E-state index contributed by atoms with van der Waals surface area (Å²) in [5.41, 5.74) is 5.91. The van der Waals surface area contributed by atoms with Crippen molar-refractivity contribution in [3.8, 4) is 0 Å². The lowest BCUT2D eigenvalue weighted by Gasteiger charge is -2.07. The number of ether oxygens (including phenoxy) is 1. The molecule has 2 rings (SSSR count). The van der Waals surface area contributed by atoms with Crippen molar-refractivity contribution in [3.05, 3.63) is 21.8 Å². The third-order valence-corrected chi connectivity index (χ3v) is 6.06. The first-order chi connectivity index (χ1) is 13.2. The normalized spacial score (nSPS) is 10.9. The van der Waals surface area contributed by atoms with Crippen molar-refractivity contribution in [2.24, 2.45) is 12.8 Å². The molecule has 28 heavy (non-hydrogen) atoms. The number of nitrogens with zero attached hydrogens (tertiary/aromatic N) is 3. The zero-order chi connectivity index (χ0) is 21.0. The topological polar surface area (TPSA) is 129 Å². The van der Waals surface area contributed by atoms with E-state index in [4.69, 9.17) is 10.5 Å². The zero-order valence-electron chi connectivity index (χ0n) is 16.4. The molecule has 0 radical (unpaired) electrons. The van der Waals surface area contributed by atoms with E-state index in [-0.39, 0.29) is 39.6 Å². The van der Waals surface area contributed by atoms with Crippen molar-refractivity contribution in [2.45, 2.75) is 38.8 Å². The molecule has 0 fully saturated rings. The van der Waals surface area contributed by atoms with E-state index < -0.39 is 11.9 Å². The van der Waals surface area contributed by atoms with Crippen molar-refractivity contribution in [1.29, 1.82) is 0 Å². The lowest BCUT2D eigenvalue weighted by atomic mass is 10.1. The Morgan fingerprint density at radius 2 is 2.00 bits per heavy atom. The van der Waals surface area contributed by atoms with Gasteiger partial charge in [-0.05, 0) is 19.4 Å². The van der Waals surface area contributed by atoms with Crippen LogP contribution in [0.25, 0.3) is 0 Å². The second kappa shape index (κ2) is 9.20. The summed E-state index contributed by atoms with van der Waals surface area (Å²) in [6.07, 6.45) is 0. The van der Waals surface area contributed by atoms with Crippen LogP contribution in [0.5, 0.6) is 0 Å². The zero-order valence-corrected chi connectivity index (χ0v) is 18.0. The van der Waals surface area contributed by atoms with Gasteiger partial charge in [0.2, 0.25) is 5.91 Å². The molecule has 0 saturated heterocycles. The molecule has 11 heteroatoms. The number of carbonyl (C=O) groups is 3. The Labute approximate surface area is 171 Å². The molecule has 0 aliphatic carbocycles. The molecule has 0 spiro atoms. The Kier molecular flexibility index (Phi) is 7.19. The summed E-state index contributed by atoms with van der Waals surface area (Å²) in [5.74, 6) is -0.511. The maximum absolute atomic E-state index is 12.4. The van der Waals surface area contributed by atoms with E-state index in [9.17, 15) is 14.4 Å². The molecule has 0 saturated carbocycles. The highest BCUT2D eigenvalue weighted by molar-refractivity contribution is 7.99. The van der Waals surface area contributed by atoms with Crippen molar-refractivity contribution in [2.75, 3.05) is 17.7 Å². The maximum atomic E-state index is 12.4. The number of nitrogens with two attached hydrogens (primary N) is 1. The van der Waals surface area contributed by atoms with E-state index in [2.05, 4.69) is 15.5 Å². The molecule has 2 heterocycles. The minimum atomic E-state index is -0.664. The number of esters is 1. The average Bonchev–Trinajstić information content (AvgIpc) is 3.13. The van der Waals surface area contributed by atoms with Crippen LogP contribution >= 0.6 is 23.1 Å². The number of anilines is 1. The molecule has 2 aromatic rings. The molecule has 152 valence electrons. The highest BCUT2D eigenvalue weighted by atomic mass is 32.2. The second-order valence-electron chi connectivity index (χ2n) is 6.24. The fraction of sp³-hybridized carbons (Fsp3) is 0.471. The molecule has 2 amide bonds. The number of thiophene rings is 1. The molecule has 3 N–H and O–H groups in total. The predicted octanol–water partition coefficient (Wildman–Crippen LogP) is 2.31. The molecule has 9 nitrogen and oxygen atoms in total. The smallest absolute Gasteiger partial charge is 0.341 e. The summed E-state index contributed by atoms with van der Waals surface area (Å²) in [6, 6.07) is 0. The van der Waals surface area contributed by atoms with E-state index in [1.807, 2.05) is 25.5 Å². The first-order valence-electron chi connectivity index (χ1n) is 8.59. The van der Waals surface area contributed by atoms with E-state index in [0.29, 0.717) is 10.7 Å². The van der Waals surface area contributed by atoms with Crippen LogP contribution < -0.4 is 11.1 Å².